The van der Waals surface area contributed by atoms with Crippen LogP contribution in [0.25, 0.3) is 0 Å². The fraction of sp³-hybridized carbons (Fsp3) is 0.500. The van der Waals surface area contributed by atoms with Crippen molar-refractivity contribution < 1.29 is 12.8 Å². The minimum Gasteiger partial charge on any atom is -0.327 e. The van der Waals surface area contributed by atoms with E-state index in [1.807, 2.05) is 0 Å². The summed E-state index contributed by atoms with van der Waals surface area (Å²) >= 11 is 0. The summed E-state index contributed by atoms with van der Waals surface area (Å²) < 4.78 is 36.5. The van der Waals surface area contributed by atoms with E-state index in [9.17, 15) is 12.8 Å². The van der Waals surface area contributed by atoms with Gasteiger partial charge < -0.3 is 5.73 Å². The molecule has 0 bridgehead atoms. The number of alkyl halides is 1. The average molecular weight is 259 g/mol. The molecular formula is C12H18FNO2S. The third-order valence-electron chi connectivity index (χ3n) is 2.70. The summed E-state index contributed by atoms with van der Waals surface area (Å²) in [5.74, 6) is -0.00843. The van der Waals surface area contributed by atoms with Crippen LogP contribution in [0.5, 0.6) is 0 Å². The van der Waals surface area contributed by atoms with E-state index in [0.717, 1.165) is 6.26 Å². The first-order valence-electron chi connectivity index (χ1n) is 5.50. The van der Waals surface area contributed by atoms with Crippen molar-refractivity contribution in [1.29, 1.82) is 0 Å². The normalized spacial score (nSPS) is 15.5. The highest BCUT2D eigenvalue weighted by molar-refractivity contribution is 7.90. The molecule has 0 aliphatic heterocycles. The van der Waals surface area contributed by atoms with Crippen molar-refractivity contribution in [2.75, 3.05) is 18.6 Å². The van der Waals surface area contributed by atoms with Gasteiger partial charge in [-0.05, 0) is 18.4 Å². The first-order valence-corrected chi connectivity index (χ1v) is 7.56. The van der Waals surface area contributed by atoms with E-state index in [1.165, 1.54) is 0 Å². The van der Waals surface area contributed by atoms with Gasteiger partial charge in [-0.15, -0.1) is 0 Å². The Bertz CT molecular complexity index is 447. The topological polar surface area (TPSA) is 60.2 Å². The Balaban J connectivity index is 2.70. The van der Waals surface area contributed by atoms with Crippen molar-refractivity contribution in [3.8, 4) is 0 Å². The molecule has 3 nitrogen and oxygen atoms in total. The molecule has 2 N–H and O–H groups in total. The lowest BCUT2D eigenvalue weighted by Gasteiger charge is -2.24. The van der Waals surface area contributed by atoms with Crippen molar-refractivity contribution in [3.05, 3.63) is 35.9 Å². The third-order valence-corrected chi connectivity index (χ3v) is 3.73. The van der Waals surface area contributed by atoms with Gasteiger partial charge in [0.1, 0.15) is 15.5 Å². The van der Waals surface area contributed by atoms with E-state index in [4.69, 9.17) is 5.73 Å². The second kappa shape index (κ2) is 5.60. The Morgan fingerprint density at radius 3 is 2.35 bits per heavy atom. The molecule has 1 atom stereocenters. The van der Waals surface area contributed by atoms with Gasteiger partial charge in [-0.3, -0.25) is 0 Å². The molecule has 96 valence electrons. The molecule has 0 saturated carbocycles. The second-order valence-electron chi connectivity index (χ2n) is 4.27. The molecule has 1 aromatic rings. The molecule has 0 heterocycles. The highest BCUT2D eigenvalue weighted by atomic mass is 32.2. The Labute approximate surface area is 102 Å². The van der Waals surface area contributed by atoms with Gasteiger partial charge in [-0.1, -0.05) is 30.3 Å². The van der Waals surface area contributed by atoms with Gasteiger partial charge in [0.05, 0.1) is 5.75 Å². The van der Waals surface area contributed by atoms with Crippen LogP contribution in [0.2, 0.25) is 0 Å². The average Bonchev–Trinajstić information content (AvgIpc) is 2.28. The molecule has 17 heavy (non-hydrogen) atoms. The fourth-order valence-corrected chi connectivity index (χ4v) is 2.38. The lowest BCUT2D eigenvalue weighted by atomic mass is 9.91. The summed E-state index contributed by atoms with van der Waals surface area (Å²) in [6.07, 6.45) is 1.56. The van der Waals surface area contributed by atoms with Gasteiger partial charge in [0.2, 0.25) is 0 Å². The molecule has 0 saturated heterocycles. The summed E-state index contributed by atoms with van der Waals surface area (Å²) in [6, 6.07) is 8.64. The fourth-order valence-electron chi connectivity index (χ4n) is 1.72. The smallest absolute Gasteiger partial charge is 0.148 e. The predicted molar refractivity (Wildman–Crippen MR) is 67.2 cm³/mol. The maximum Gasteiger partial charge on any atom is 0.148 e. The zero-order valence-electron chi connectivity index (χ0n) is 9.90. The molecule has 0 radical (unpaired) electrons. The summed E-state index contributed by atoms with van der Waals surface area (Å²) in [7, 11) is -3.04. The van der Waals surface area contributed by atoms with E-state index in [1.54, 1.807) is 30.3 Å². The van der Waals surface area contributed by atoms with Crippen molar-refractivity contribution in [2.45, 2.75) is 18.5 Å². The van der Waals surface area contributed by atoms with Gasteiger partial charge in [0.15, 0.2) is 0 Å². The minimum absolute atomic E-state index is 0.00843. The molecule has 0 aliphatic carbocycles. The van der Waals surface area contributed by atoms with Crippen molar-refractivity contribution >= 4 is 9.84 Å². The van der Waals surface area contributed by atoms with Crippen LogP contribution in [0.1, 0.15) is 18.4 Å². The van der Waals surface area contributed by atoms with Crippen molar-refractivity contribution in [3.63, 3.8) is 0 Å². The van der Waals surface area contributed by atoms with Crippen LogP contribution in [0.4, 0.5) is 4.39 Å². The van der Waals surface area contributed by atoms with Crippen molar-refractivity contribution in [1.82, 2.24) is 0 Å². The van der Waals surface area contributed by atoms with Gasteiger partial charge in [-0.25, -0.2) is 12.8 Å². The highest BCUT2D eigenvalue weighted by Gasteiger charge is 2.29. The lowest BCUT2D eigenvalue weighted by Crippen LogP contribution is -2.30. The van der Waals surface area contributed by atoms with Crippen LogP contribution in [-0.4, -0.2) is 27.0 Å². The number of benzene rings is 1. The van der Waals surface area contributed by atoms with Gasteiger partial charge in [-0.2, -0.15) is 0 Å². The molecule has 0 spiro atoms. The van der Waals surface area contributed by atoms with Crippen LogP contribution >= 0.6 is 0 Å². The van der Waals surface area contributed by atoms with E-state index in [0.29, 0.717) is 5.56 Å². The third kappa shape index (κ3) is 4.44. The number of sulfone groups is 1. The number of nitrogens with two attached hydrogens (primary N) is 1. The van der Waals surface area contributed by atoms with E-state index >= 15 is 0 Å². The van der Waals surface area contributed by atoms with Gasteiger partial charge in [0.25, 0.3) is 0 Å². The summed E-state index contributed by atoms with van der Waals surface area (Å²) in [5, 5.41) is 0. The number of rotatable bonds is 6. The van der Waals surface area contributed by atoms with Gasteiger partial charge in [0, 0.05) is 12.8 Å². The van der Waals surface area contributed by atoms with E-state index in [2.05, 4.69) is 0 Å². The standard InChI is InChI=1S/C12H18FNO2S/c1-17(15,16)9-5-8-12(13,10-14)11-6-3-2-4-7-11/h2-4,6-7H,5,8-10,14H2,1H3. The largest absolute Gasteiger partial charge is 0.327 e. The van der Waals surface area contributed by atoms with Crippen LogP contribution in [0.3, 0.4) is 0 Å². The molecule has 0 aliphatic rings. The molecule has 0 fully saturated rings. The number of hydrogen-bond donors (Lipinski definition) is 1. The zero-order valence-corrected chi connectivity index (χ0v) is 10.7. The number of hydrogen-bond acceptors (Lipinski definition) is 3. The number of halogens is 1. The van der Waals surface area contributed by atoms with Crippen LogP contribution in [-0.2, 0) is 15.5 Å². The van der Waals surface area contributed by atoms with E-state index in [-0.39, 0.29) is 25.1 Å². The van der Waals surface area contributed by atoms with Crippen LogP contribution in [0, 0.1) is 0 Å². The summed E-state index contributed by atoms with van der Waals surface area (Å²) in [6.45, 7) is -0.138. The first kappa shape index (κ1) is 14.1. The summed E-state index contributed by atoms with van der Waals surface area (Å²) in [4.78, 5) is 0. The maximum atomic E-state index is 14.5. The Morgan fingerprint density at radius 1 is 1.29 bits per heavy atom. The van der Waals surface area contributed by atoms with Crippen LogP contribution in [0.15, 0.2) is 30.3 Å². The first-order chi connectivity index (χ1) is 7.87. The Morgan fingerprint density at radius 2 is 1.88 bits per heavy atom. The van der Waals surface area contributed by atoms with E-state index < -0.39 is 15.5 Å². The second-order valence-corrected chi connectivity index (χ2v) is 6.53. The van der Waals surface area contributed by atoms with Gasteiger partial charge >= 0.3 is 0 Å². The molecule has 0 amide bonds. The Hall–Kier alpha value is -0.940. The minimum atomic E-state index is -3.04. The maximum absolute atomic E-state index is 14.5. The summed E-state index contributed by atoms with van der Waals surface area (Å²) in [5.41, 5.74) is 4.34. The monoisotopic (exact) mass is 259 g/mol. The van der Waals surface area contributed by atoms with Crippen molar-refractivity contribution in [2.24, 2.45) is 5.73 Å². The molecule has 1 rings (SSSR count). The molecule has 1 aromatic carbocycles. The molecule has 5 heteroatoms. The molecular weight excluding hydrogens is 241 g/mol. The van der Waals surface area contributed by atoms with Crippen LogP contribution < -0.4 is 5.73 Å². The highest BCUT2D eigenvalue weighted by Crippen LogP contribution is 2.30. The quantitative estimate of drug-likeness (QED) is 0.844. The Kier molecular flexibility index (Phi) is 4.65. The molecule has 0 aromatic heterocycles. The SMILES string of the molecule is CS(=O)(=O)CCCC(F)(CN)c1ccccc1. The molecule has 1 unspecified atom stereocenters. The zero-order chi connectivity index (χ0) is 12.9. The lowest BCUT2D eigenvalue weighted by molar-refractivity contribution is 0.160. The predicted octanol–water partition coefficient (Wildman–Crippen LogP) is 1.63.